The third kappa shape index (κ3) is 1.08. The molecular formula is C7H4INO2S. The van der Waals surface area contributed by atoms with Crippen molar-refractivity contribution in [2.75, 3.05) is 0 Å². The maximum atomic E-state index is 11.3. The van der Waals surface area contributed by atoms with Gasteiger partial charge in [-0.05, 0) is 34.7 Å². The molecule has 1 aromatic rings. The minimum atomic E-state index is -3.24. The zero-order valence-electron chi connectivity index (χ0n) is 5.86. The fourth-order valence-electron chi connectivity index (χ4n) is 1.05. The van der Waals surface area contributed by atoms with Crippen molar-refractivity contribution in [2.24, 2.45) is 0 Å². The van der Waals surface area contributed by atoms with Gasteiger partial charge in [0.05, 0.1) is 5.41 Å². The first kappa shape index (κ1) is 8.18. The van der Waals surface area contributed by atoms with Gasteiger partial charge >= 0.3 is 0 Å². The smallest absolute Gasteiger partial charge is 0.218 e. The third-order valence-electron chi connectivity index (χ3n) is 1.56. The summed E-state index contributed by atoms with van der Waals surface area (Å²) < 4.78 is 23.4. The standard InChI is InChI=1S/C7H4INO2S/c8-6-4-12(10,11)7-5(6)2-1-3-9-7/h1-4H. The summed E-state index contributed by atoms with van der Waals surface area (Å²) >= 11 is 1.99. The van der Waals surface area contributed by atoms with Crippen molar-refractivity contribution in [3.63, 3.8) is 0 Å². The molecule has 3 nitrogen and oxygen atoms in total. The Balaban J connectivity index is 2.86. The number of aromatic nitrogens is 1. The van der Waals surface area contributed by atoms with Crippen LogP contribution in [0.3, 0.4) is 0 Å². The van der Waals surface area contributed by atoms with E-state index in [4.69, 9.17) is 0 Å². The molecule has 2 rings (SSSR count). The van der Waals surface area contributed by atoms with E-state index in [1.165, 1.54) is 11.6 Å². The van der Waals surface area contributed by atoms with E-state index < -0.39 is 9.84 Å². The molecule has 1 aromatic heterocycles. The van der Waals surface area contributed by atoms with Crippen molar-refractivity contribution in [1.29, 1.82) is 0 Å². The molecule has 0 fully saturated rings. The van der Waals surface area contributed by atoms with Gasteiger partial charge in [0.15, 0.2) is 5.03 Å². The molecule has 0 saturated carbocycles. The highest BCUT2D eigenvalue weighted by Crippen LogP contribution is 2.35. The Morgan fingerprint density at radius 1 is 1.42 bits per heavy atom. The van der Waals surface area contributed by atoms with E-state index in [2.05, 4.69) is 4.98 Å². The SMILES string of the molecule is O=S1(=O)C=C(I)c2cccnc21. The fourth-order valence-corrected chi connectivity index (χ4v) is 3.88. The van der Waals surface area contributed by atoms with E-state index in [9.17, 15) is 8.42 Å². The molecule has 0 saturated heterocycles. The lowest BCUT2D eigenvalue weighted by molar-refractivity contribution is 0.602. The molecule has 5 heteroatoms. The lowest BCUT2D eigenvalue weighted by Crippen LogP contribution is -1.95. The quantitative estimate of drug-likeness (QED) is 0.683. The van der Waals surface area contributed by atoms with Crippen LogP contribution in [-0.4, -0.2) is 13.4 Å². The molecule has 0 amide bonds. The van der Waals surface area contributed by atoms with E-state index in [1.54, 1.807) is 12.1 Å². The molecule has 0 aliphatic carbocycles. The van der Waals surface area contributed by atoms with E-state index in [1.807, 2.05) is 22.6 Å². The van der Waals surface area contributed by atoms with Crippen molar-refractivity contribution in [2.45, 2.75) is 5.03 Å². The van der Waals surface area contributed by atoms with Crippen LogP contribution in [0.15, 0.2) is 28.8 Å². The van der Waals surface area contributed by atoms with Gasteiger partial charge < -0.3 is 0 Å². The Kier molecular flexibility index (Phi) is 1.72. The molecule has 0 unspecified atom stereocenters. The second-order valence-electron chi connectivity index (χ2n) is 2.37. The summed E-state index contributed by atoms with van der Waals surface area (Å²) in [4.78, 5) is 3.82. The van der Waals surface area contributed by atoms with Crippen molar-refractivity contribution in [3.05, 3.63) is 29.3 Å². The molecule has 0 atom stereocenters. The maximum absolute atomic E-state index is 11.3. The number of halogens is 1. The van der Waals surface area contributed by atoms with Crippen LogP contribution >= 0.6 is 22.6 Å². The average molecular weight is 293 g/mol. The minimum absolute atomic E-state index is 0.175. The van der Waals surface area contributed by atoms with Crippen molar-refractivity contribution >= 4 is 36.0 Å². The number of pyridine rings is 1. The Bertz CT molecular complexity index is 464. The summed E-state index contributed by atoms with van der Waals surface area (Å²) in [5, 5.41) is 1.42. The summed E-state index contributed by atoms with van der Waals surface area (Å²) in [5.41, 5.74) is 0.707. The number of sulfone groups is 1. The summed E-state index contributed by atoms with van der Waals surface area (Å²) in [7, 11) is -3.24. The Morgan fingerprint density at radius 2 is 2.17 bits per heavy atom. The van der Waals surface area contributed by atoms with Crippen LogP contribution in [0.1, 0.15) is 5.56 Å². The second kappa shape index (κ2) is 2.53. The first-order chi connectivity index (χ1) is 5.61. The van der Waals surface area contributed by atoms with Crippen LogP contribution in [0, 0.1) is 0 Å². The molecule has 1 aliphatic heterocycles. The minimum Gasteiger partial charge on any atom is -0.244 e. The van der Waals surface area contributed by atoms with Crippen LogP contribution in [0.2, 0.25) is 0 Å². The van der Waals surface area contributed by atoms with Gasteiger partial charge in [0.1, 0.15) is 0 Å². The Morgan fingerprint density at radius 3 is 2.83 bits per heavy atom. The highest BCUT2D eigenvalue weighted by molar-refractivity contribution is 14.1. The molecule has 62 valence electrons. The highest BCUT2D eigenvalue weighted by atomic mass is 127. The maximum Gasteiger partial charge on any atom is 0.218 e. The van der Waals surface area contributed by atoms with Crippen LogP contribution in [0.25, 0.3) is 3.58 Å². The molecule has 1 aliphatic rings. The average Bonchev–Trinajstić information content (AvgIpc) is 2.25. The number of fused-ring (bicyclic) bond motifs is 1. The normalized spacial score (nSPS) is 18.6. The number of hydrogen-bond acceptors (Lipinski definition) is 3. The van der Waals surface area contributed by atoms with Gasteiger partial charge in [0.25, 0.3) is 0 Å². The molecular weight excluding hydrogens is 289 g/mol. The topological polar surface area (TPSA) is 47.0 Å². The number of hydrogen-bond donors (Lipinski definition) is 0. The largest absolute Gasteiger partial charge is 0.244 e. The molecule has 0 radical (unpaired) electrons. The highest BCUT2D eigenvalue weighted by Gasteiger charge is 2.26. The predicted molar refractivity (Wildman–Crippen MR) is 53.4 cm³/mol. The van der Waals surface area contributed by atoms with Crippen LogP contribution in [-0.2, 0) is 9.84 Å². The van der Waals surface area contributed by atoms with Gasteiger partial charge in [-0.1, -0.05) is 0 Å². The van der Waals surface area contributed by atoms with Gasteiger partial charge in [-0.3, -0.25) is 0 Å². The van der Waals surface area contributed by atoms with E-state index in [0.717, 1.165) is 3.58 Å². The zero-order valence-corrected chi connectivity index (χ0v) is 8.83. The Hall–Kier alpha value is -0.430. The molecule has 0 bridgehead atoms. The molecule has 2 heterocycles. The predicted octanol–water partition coefficient (Wildman–Crippen LogP) is 1.60. The summed E-state index contributed by atoms with van der Waals surface area (Å²) in [6, 6.07) is 3.48. The van der Waals surface area contributed by atoms with Gasteiger partial charge in [0.2, 0.25) is 9.84 Å². The first-order valence-corrected chi connectivity index (χ1v) is 5.81. The molecule has 0 N–H and O–H groups in total. The van der Waals surface area contributed by atoms with Crippen molar-refractivity contribution in [1.82, 2.24) is 4.98 Å². The van der Waals surface area contributed by atoms with Crippen LogP contribution < -0.4 is 0 Å². The van der Waals surface area contributed by atoms with E-state index in [0.29, 0.717) is 5.56 Å². The summed E-state index contributed by atoms with van der Waals surface area (Å²) in [6.45, 7) is 0. The van der Waals surface area contributed by atoms with Gasteiger partial charge in [0, 0.05) is 15.3 Å². The monoisotopic (exact) mass is 293 g/mol. The van der Waals surface area contributed by atoms with Gasteiger partial charge in [-0.15, -0.1) is 0 Å². The zero-order chi connectivity index (χ0) is 8.77. The number of nitrogens with zero attached hydrogens (tertiary/aromatic N) is 1. The van der Waals surface area contributed by atoms with Gasteiger partial charge in [-0.2, -0.15) is 0 Å². The van der Waals surface area contributed by atoms with Crippen LogP contribution in [0.5, 0.6) is 0 Å². The van der Waals surface area contributed by atoms with E-state index >= 15 is 0 Å². The fraction of sp³-hybridized carbons (Fsp3) is 0. The first-order valence-electron chi connectivity index (χ1n) is 3.19. The molecule has 0 spiro atoms. The molecule has 12 heavy (non-hydrogen) atoms. The lowest BCUT2D eigenvalue weighted by Gasteiger charge is -1.94. The van der Waals surface area contributed by atoms with Gasteiger partial charge in [-0.25, -0.2) is 13.4 Å². The lowest BCUT2D eigenvalue weighted by atomic mass is 10.3. The summed E-state index contributed by atoms with van der Waals surface area (Å²) in [5.74, 6) is 0. The third-order valence-corrected chi connectivity index (χ3v) is 4.28. The number of rotatable bonds is 0. The van der Waals surface area contributed by atoms with E-state index in [-0.39, 0.29) is 5.03 Å². The van der Waals surface area contributed by atoms with Crippen molar-refractivity contribution < 1.29 is 8.42 Å². The summed E-state index contributed by atoms with van der Waals surface area (Å²) in [6.07, 6.45) is 1.49. The van der Waals surface area contributed by atoms with Crippen LogP contribution in [0.4, 0.5) is 0 Å². The Labute approximate surface area is 83.6 Å². The second-order valence-corrected chi connectivity index (χ2v) is 5.24. The molecule has 0 aromatic carbocycles. The van der Waals surface area contributed by atoms with Crippen molar-refractivity contribution in [3.8, 4) is 0 Å².